The Balaban J connectivity index is 1.77. The van der Waals surface area contributed by atoms with Gasteiger partial charge >= 0.3 is 0 Å². The van der Waals surface area contributed by atoms with Crippen molar-refractivity contribution in [3.63, 3.8) is 0 Å². The number of sulfonamides is 1. The fourth-order valence-electron chi connectivity index (χ4n) is 4.18. The van der Waals surface area contributed by atoms with Gasteiger partial charge < -0.3 is 9.47 Å². The Morgan fingerprint density at radius 1 is 1.30 bits per heavy atom. The molecule has 1 unspecified atom stereocenters. The van der Waals surface area contributed by atoms with Crippen LogP contribution in [0.5, 0.6) is 0 Å². The number of nitriles is 1. The van der Waals surface area contributed by atoms with Gasteiger partial charge in [0.1, 0.15) is 0 Å². The Bertz CT molecular complexity index is 1310. The molecule has 0 amide bonds. The van der Waals surface area contributed by atoms with E-state index in [1.165, 1.54) is 4.31 Å². The molecule has 0 bridgehead atoms. The highest BCUT2D eigenvalue weighted by molar-refractivity contribution is 7.89. The molecule has 0 spiro atoms. The summed E-state index contributed by atoms with van der Waals surface area (Å²) >= 11 is 6.14. The number of hydrogen-bond donors (Lipinski definition) is 0. The van der Waals surface area contributed by atoms with Crippen LogP contribution >= 0.6 is 11.6 Å². The third kappa shape index (κ3) is 4.81. The minimum atomic E-state index is -3.83. The van der Waals surface area contributed by atoms with Crippen molar-refractivity contribution in [2.75, 3.05) is 18.0 Å². The molecule has 1 aliphatic rings. The van der Waals surface area contributed by atoms with Crippen molar-refractivity contribution in [1.82, 2.24) is 13.9 Å². The molecule has 0 radical (unpaired) electrons. The van der Waals surface area contributed by atoms with E-state index >= 15 is 0 Å². The van der Waals surface area contributed by atoms with E-state index in [-0.39, 0.29) is 16.5 Å². The molecule has 1 aromatic heterocycles. The molecule has 2 aromatic carbocycles. The molecule has 0 saturated carbocycles. The zero-order valence-electron chi connectivity index (χ0n) is 18.2. The van der Waals surface area contributed by atoms with E-state index in [1.807, 2.05) is 23.7 Å². The lowest BCUT2D eigenvalue weighted by molar-refractivity contribution is 0.329. The van der Waals surface area contributed by atoms with E-state index in [1.54, 1.807) is 48.9 Å². The summed E-state index contributed by atoms with van der Waals surface area (Å²) in [7, 11) is -1.91. The van der Waals surface area contributed by atoms with Crippen molar-refractivity contribution < 1.29 is 8.42 Å². The lowest BCUT2D eigenvalue weighted by atomic mass is 9.95. The van der Waals surface area contributed by atoms with Crippen molar-refractivity contribution in [2.24, 2.45) is 7.05 Å². The highest BCUT2D eigenvalue weighted by Crippen LogP contribution is 2.33. The number of aromatic nitrogens is 2. The Morgan fingerprint density at radius 2 is 2.06 bits per heavy atom. The third-order valence-corrected chi connectivity index (χ3v) is 7.82. The minimum absolute atomic E-state index is 0.00370. The second kappa shape index (κ2) is 9.40. The lowest BCUT2D eigenvalue weighted by Gasteiger charge is -2.40. The van der Waals surface area contributed by atoms with Gasteiger partial charge in [-0.3, -0.25) is 0 Å². The number of anilines is 1. The number of halogens is 1. The van der Waals surface area contributed by atoms with Gasteiger partial charge in [0.2, 0.25) is 10.0 Å². The van der Waals surface area contributed by atoms with Gasteiger partial charge in [-0.2, -0.15) is 9.57 Å². The normalized spacial score (nSPS) is 15.8. The van der Waals surface area contributed by atoms with Crippen molar-refractivity contribution in [3.05, 3.63) is 89.5 Å². The van der Waals surface area contributed by atoms with E-state index in [4.69, 9.17) is 11.6 Å². The van der Waals surface area contributed by atoms with E-state index in [9.17, 15) is 13.7 Å². The molecule has 4 rings (SSSR count). The highest BCUT2D eigenvalue weighted by atomic mass is 35.5. The van der Waals surface area contributed by atoms with Gasteiger partial charge in [-0.1, -0.05) is 36.4 Å². The number of hydrogen-bond acceptors (Lipinski definition) is 5. The van der Waals surface area contributed by atoms with Crippen LogP contribution in [0.2, 0.25) is 0 Å². The number of fused-ring (bicyclic) bond motifs is 1. The largest absolute Gasteiger partial charge is 0.364 e. The Morgan fingerprint density at radius 3 is 2.70 bits per heavy atom. The summed E-state index contributed by atoms with van der Waals surface area (Å²) in [4.78, 5) is 6.54. The minimum Gasteiger partial charge on any atom is -0.364 e. The van der Waals surface area contributed by atoms with Crippen molar-refractivity contribution >= 4 is 27.3 Å². The topological polar surface area (TPSA) is 82.2 Å². The van der Waals surface area contributed by atoms with Gasteiger partial charge in [0.25, 0.3) is 0 Å². The zero-order chi connectivity index (χ0) is 23.6. The van der Waals surface area contributed by atoms with Crippen LogP contribution in [-0.2, 0) is 30.0 Å². The number of rotatable bonds is 7. The molecule has 3 aromatic rings. The summed E-state index contributed by atoms with van der Waals surface area (Å²) in [6.07, 6.45) is 4.00. The lowest BCUT2D eigenvalue weighted by Crippen LogP contribution is -2.51. The van der Waals surface area contributed by atoms with Crippen LogP contribution in [-0.4, -0.2) is 41.4 Å². The summed E-state index contributed by atoms with van der Waals surface area (Å²) in [5, 5.41) is 9.65. The van der Waals surface area contributed by atoms with Gasteiger partial charge in [0.15, 0.2) is 0 Å². The third-order valence-electron chi connectivity index (χ3n) is 5.79. The maximum absolute atomic E-state index is 13.6. The molecule has 0 fully saturated rings. The molecule has 0 N–H and O–H groups in total. The van der Waals surface area contributed by atoms with Crippen LogP contribution < -0.4 is 4.90 Å². The van der Waals surface area contributed by atoms with Crippen LogP contribution in [0, 0.1) is 11.3 Å². The molecular weight excluding hydrogens is 458 g/mol. The Hall–Kier alpha value is -3.12. The molecule has 170 valence electrons. The molecule has 0 aliphatic carbocycles. The smallest absolute Gasteiger partial charge is 0.243 e. The van der Waals surface area contributed by atoms with Crippen molar-refractivity contribution in [1.29, 1.82) is 5.26 Å². The predicted molar refractivity (Wildman–Crippen MR) is 128 cm³/mol. The molecule has 7 nitrogen and oxygen atoms in total. The average molecular weight is 482 g/mol. The SMILES string of the molecule is C=C(Cl)CN(C1Cc2cc(C#N)ccc2N(Cc2cncn2C)C1)S(=O)(=O)c1ccccc1. The van der Waals surface area contributed by atoms with Gasteiger partial charge in [0, 0.05) is 43.1 Å². The average Bonchev–Trinajstić information content (AvgIpc) is 3.21. The van der Waals surface area contributed by atoms with Crippen molar-refractivity contribution in [3.8, 4) is 6.07 Å². The molecule has 33 heavy (non-hydrogen) atoms. The summed E-state index contributed by atoms with van der Waals surface area (Å²) in [5.74, 6) is 0. The van der Waals surface area contributed by atoms with Crippen LogP contribution in [0.3, 0.4) is 0 Å². The fraction of sp³-hybridized carbons (Fsp3) is 0.250. The van der Waals surface area contributed by atoms with E-state index in [0.29, 0.717) is 25.1 Å². The first-order chi connectivity index (χ1) is 15.8. The number of aryl methyl sites for hydroxylation is 1. The summed E-state index contributed by atoms with van der Waals surface area (Å²) in [5.41, 5.74) is 3.42. The van der Waals surface area contributed by atoms with E-state index in [0.717, 1.165) is 16.9 Å². The van der Waals surface area contributed by atoms with Gasteiger partial charge in [-0.05, 0) is 42.3 Å². The van der Waals surface area contributed by atoms with E-state index < -0.39 is 16.1 Å². The quantitative estimate of drug-likeness (QED) is 0.514. The second-order valence-corrected chi connectivity index (χ2v) is 10.5. The molecule has 1 atom stereocenters. The first kappa shape index (κ1) is 23.1. The number of imidazole rings is 1. The molecule has 1 aliphatic heterocycles. The standard InChI is InChI=1S/C24H24ClN5O2S/c1-18(25)14-30(33(31,32)23-6-4-3-5-7-23)21-11-20-10-19(12-26)8-9-24(20)29(15-21)16-22-13-27-17-28(22)2/h3-10,13,17,21H,1,11,14-16H2,2H3. The monoisotopic (exact) mass is 481 g/mol. The molecule has 0 saturated heterocycles. The van der Waals surface area contributed by atoms with Crippen LogP contribution in [0.15, 0.2) is 77.6 Å². The second-order valence-electron chi connectivity index (χ2n) is 8.07. The van der Waals surface area contributed by atoms with Crippen LogP contribution in [0.25, 0.3) is 0 Å². The molecule has 2 heterocycles. The zero-order valence-corrected chi connectivity index (χ0v) is 19.8. The maximum Gasteiger partial charge on any atom is 0.243 e. The first-order valence-electron chi connectivity index (χ1n) is 10.4. The van der Waals surface area contributed by atoms with Gasteiger partial charge in [-0.25, -0.2) is 13.4 Å². The van der Waals surface area contributed by atoms with Crippen LogP contribution in [0.1, 0.15) is 16.8 Å². The predicted octanol–water partition coefficient (Wildman–Crippen LogP) is 3.67. The summed E-state index contributed by atoms with van der Waals surface area (Å²) in [6, 6.07) is 15.7. The van der Waals surface area contributed by atoms with Crippen molar-refractivity contribution in [2.45, 2.75) is 23.9 Å². The highest BCUT2D eigenvalue weighted by Gasteiger charge is 2.36. The Kier molecular flexibility index (Phi) is 6.56. The number of nitrogens with zero attached hydrogens (tertiary/aromatic N) is 5. The molecular formula is C24H24ClN5O2S. The summed E-state index contributed by atoms with van der Waals surface area (Å²) in [6.45, 7) is 4.75. The number of benzene rings is 2. The first-order valence-corrected chi connectivity index (χ1v) is 12.2. The maximum atomic E-state index is 13.6. The summed E-state index contributed by atoms with van der Waals surface area (Å²) < 4.78 is 30.6. The van der Waals surface area contributed by atoms with Crippen LogP contribution in [0.4, 0.5) is 5.69 Å². The fourth-order valence-corrected chi connectivity index (χ4v) is 6.01. The molecule has 9 heteroatoms. The van der Waals surface area contributed by atoms with Gasteiger partial charge in [0.05, 0.1) is 35.1 Å². The van der Waals surface area contributed by atoms with E-state index in [2.05, 4.69) is 22.5 Å². The van der Waals surface area contributed by atoms with Gasteiger partial charge in [-0.15, -0.1) is 0 Å². The Labute approximate surface area is 199 Å².